The molecule has 1 rings (SSSR count). The predicted molar refractivity (Wildman–Crippen MR) is 254 cm³/mol. The van der Waals surface area contributed by atoms with Crippen molar-refractivity contribution in [1.82, 2.24) is 47.9 Å². The molecule has 0 spiro atoms. The molecule has 0 unspecified atom stereocenters. The van der Waals surface area contributed by atoms with Crippen LogP contribution in [0.3, 0.4) is 0 Å². The number of amides is 11. The molecule has 412 valence electrons. The van der Waals surface area contributed by atoms with Gasteiger partial charge in [0.2, 0.25) is 65.0 Å². The molecule has 20 N–H and O–H groups in total. The van der Waals surface area contributed by atoms with E-state index >= 15 is 0 Å². The number of carbonyl (C=O) groups is 13. The molecule has 1 aromatic carbocycles. The van der Waals surface area contributed by atoms with E-state index in [0.717, 1.165) is 6.92 Å². The van der Waals surface area contributed by atoms with Gasteiger partial charge in [-0.1, -0.05) is 44.2 Å². The number of aliphatic hydroxyl groups is 3. The summed E-state index contributed by atoms with van der Waals surface area (Å²) in [5, 5.41) is 68.4. The molecule has 11 amide bonds. The fourth-order valence-corrected chi connectivity index (χ4v) is 6.58. The summed E-state index contributed by atoms with van der Waals surface area (Å²) in [4.78, 5) is 166. The maximum Gasteiger partial charge on any atom is 0.328 e. The van der Waals surface area contributed by atoms with E-state index in [4.69, 9.17) is 17.2 Å². The lowest BCUT2D eigenvalue weighted by molar-refractivity contribution is -0.143. The number of aliphatic hydroxyl groups excluding tert-OH is 3. The molecule has 0 aromatic heterocycles. The van der Waals surface area contributed by atoms with E-state index < -0.39 is 189 Å². The third kappa shape index (κ3) is 23.6. The second-order valence-corrected chi connectivity index (χ2v) is 17.3. The van der Waals surface area contributed by atoms with Crippen molar-refractivity contribution in [2.75, 3.05) is 19.8 Å². The average molecular weight is 1050 g/mol. The normalized spacial score (nSPS) is 15.0. The quantitative estimate of drug-likeness (QED) is 0.0305. The number of hydrogen-bond acceptors (Lipinski definition) is 17. The van der Waals surface area contributed by atoms with E-state index in [1.54, 1.807) is 44.2 Å². The Labute approximate surface area is 423 Å². The van der Waals surface area contributed by atoms with Gasteiger partial charge in [0.25, 0.3) is 0 Å². The van der Waals surface area contributed by atoms with Crippen LogP contribution in [0.15, 0.2) is 30.3 Å². The highest BCUT2D eigenvalue weighted by molar-refractivity contribution is 5.99. The van der Waals surface area contributed by atoms with Crippen molar-refractivity contribution in [1.29, 1.82) is 0 Å². The summed E-state index contributed by atoms with van der Waals surface area (Å²) in [7, 11) is 0. The summed E-state index contributed by atoms with van der Waals surface area (Å²) in [6.45, 7) is 2.89. The number of carboxylic acid groups (broad SMARTS) is 2. The first-order chi connectivity index (χ1) is 34.6. The molecular formula is C44H68N12O18. The monoisotopic (exact) mass is 1050 g/mol. The lowest BCUT2D eigenvalue weighted by Crippen LogP contribution is -2.61. The Kier molecular flexibility index (Phi) is 28.0. The van der Waals surface area contributed by atoms with E-state index in [1.165, 1.54) is 6.92 Å². The zero-order chi connectivity index (χ0) is 56.4. The van der Waals surface area contributed by atoms with Gasteiger partial charge in [-0.3, -0.25) is 57.5 Å². The van der Waals surface area contributed by atoms with E-state index in [0.29, 0.717) is 5.56 Å². The third-order valence-electron chi connectivity index (χ3n) is 10.5. The van der Waals surface area contributed by atoms with Crippen LogP contribution in [0.5, 0.6) is 0 Å². The Morgan fingerprint density at radius 2 is 0.959 bits per heavy atom. The van der Waals surface area contributed by atoms with Crippen molar-refractivity contribution in [3.8, 4) is 0 Å². The molecule has 0 heterocycles. The number of hydrogen-bond donors (Lipinski definition) is 17. The second kappa shape index (κ2) is 32.3. The molecule has 0 aliphatic heterocycles. The van der Waals surface area contributed by atoms with Crippen LogP contribution in [-0.2, 0) is 68.7 Å². The molecular weight excluding hydrogens is 985 g/mol. The SMILES string of the molecule is CC(C)C[C@H](NC(=O)[C@@H](NC(=O)CN)[C@@H](C)O)C(=O)N[C@@H](CCC(N)=O)C(=O)N[C@@H](CC(N)=O)C(=O)N[C@@H](CO)C(=O)N[C@@H](C)C(=O)N[C@@H](CCC(=O)O)C(=O)N[C@@H](Cc1ccccc1)C(=O)N[C@@H](CO)C(=O)O. The van der Waals surface area contributed by atoms with Crippen LogP contribution in [0, 0.1) is 5.92 Å². The van der Waals surface area contributed by atoms with E-state index in [-0.39, 0.29) is 18.8 Å². The number of benzene rings is 1. The van der Waals surface area contributed by atoms with E-state index in [2.05, 4.69) is 47.9 Å². The molecule has 0 saturated carbocycles. The van der Waals surface area contributed by atoms with Gasteiger partial charge < -0.3 is 90.6 Å². The number of carbonyl (C=O) groups excluding carboxylic acids is 11. The van der Waals surface area contributed by atoms with Crippen LogP contribution in [0.25, 0.3) is 0 Å². The van der Waals surface area contributed by atoms with Crippen LogP contribution in [0.4, 0.5) is 0 Å². The first-order valence-electron chi connectivity index (χ1n) is 23.0. The van der Waals surface area contributed by atoms with Gasteiger partial charge in [-0.05, 0) is 44.6 Å². The lowest BCUT2D eigenvalue weighted by atomic mass is 10.0. The van der Waals surface area contributed by atoms with E-state index in [9.17, 15) is 87.9 Å². The Bertz CT molecular complexity index is 2160. The Hall–Kier alpha value is -7.83. The fraction of sp³-hybridized carbons (Fsp3) is 0.568. The van der Waals surface area contributed by atoms with Crippen molar-refractivity contribution in [2.45, 2.75) is 133 Å². The maximum absolute atomic E-state index is 13.7. The minimum atomic E-state index is -1.94. The number of rotatable bonds is 34. The molecule has 30 nitrogen and oxygen atoms in total. The van der Waals surface area contributed by atoms with Crippen molar-refractivity contribution in [3.63, 3.8) is 0 Å². The molecule has 0 fully saturated rings. The zero-order valence-electron chi connectivity index (χ0n) is 41.1. The van der Waals surface area contributed by atoms with Crippen LogP contribution < -0.4 is 65.1 Å². The van der Waals surface area contributed by atoms with Gasteiger partial charge >= 0.3 is 11.9 Å². The summed E-state index contributed by atoms with van der Waals surface area (Å²) in [6.07, 6.45) is -5.05. The summed E-state index contributed by atoms with van der Waals surface area (Å²) < 4.78 is 0. The van der Waals surface area contributed by atoms with Crippen molar-refractivity contribution < 1.29 is 87.9 Å². The molecule has 10 atom stereocenters. The van der Waals surface area contributed by atoms with Gasteiger partial charge in [0.15, 0.2) is 0 Å². The maximum atomic E-state index is 13.7. The molecule has 0 aliphatic carbocycles. The standard InChI is InChI=1S/C44H68N12O18/c1-20(2)14-26(53-43(72)35(22(4)59)56-33(62)17-45)39(68)50-24(10-12-31(46)60)37(66)52-28(16-32(47)61)41(70)54-29(18-57)42(71)48-21(3)36(65)49-25(11-13-34(63)64)38(67)51-27(15-23-8-6-5-7-9-23)40(69)55-30(19-58)44(73)74/h5-9,20-22,24-30,35,57-59H,10-19,45H2,1-4H3,(H2,46,60)(H2,47,61)(H,48,71)(H,49,65)(H,50,68)(H,51,67)(H,52,66)(H,53,72)(H,54,70)(H,55,69)(H,56,62)(H,63,64)(H,73,74)/t21-,22+,24-,25-,26-,27-,28-,29-,30-,35-/m0/s1. The van der Waals surface area contributed by atoms with Crippen LogP contribution in [0.2, 0.25) is 0 Å². The molecule has 0 bridgehead atoms. The number of primary amides is 2. The summed E-state index contributed by atoms with van der Waals surface area (Å²) in [5.41, 5.74) is 16.4. The number of nitrogens with two attached hydrogens (primary N) is 3. The Balaban J connectivity index is 3.32. The van der Waals surface area contributed by atoms with Gasteiger partial charge in [0, 0.05) is 19.3 Å². The fourth-order valence-electron chi connectivity index (χ4n) is 6.58. The molecule has 0 saturated heterocycles. The van der Waals surface area contributed by atoms with E-state index in [1.807, 2.05) is 0 Å². The van der Waals surface area contributed by atoms with Crippen molar-refractivity contribution in [2.24, 2.45) is 23.1 Å². The van der Waals surface area contributed by atoms with Crippen LogP contribution in [0.1, 0.15) is 71.8 Å². The third-order valence-corrected chi connectivity index (χ3v) is 10.5. The first-order valence-corrected chi connectivity index (χ1v) is 23.0. The molecule has 30 heteroatoms. The minimum absolute atomic E-state index is 0.0718. The summed E-state index contributed by atoms with van der Waals surface area (Å²) >= 11 is 0. The predicted octanol–water partition coefficient (Wildman–Crippen LogP) is -7.93. The van der Waals surface area contributed by atoms with Crippen LogP contribution in [-0.4, -0.2) is 183 Å². The van der Waals surface area contributed by atoms with Gasteiger partial charge in [-0.15, -0.1) is 0 Å². The molecule has 0 aliphatic rings. The van der Waals surface area contributed by atoms with Crippen molar-refractivity contribution in [3.05, 3.63) is 35.9 Å². The number of carboxylic acids is 2. The second-order valence-electron chi connectivity index (χ2n) is 17.3. The van der Waals surface area contributed by atoms with Gasteiger partial charge in [0.1, 0.15) is 54.4 Å². The average Bonchev–Trinajstić information content (AvgIpc) is 3.32. The molecule has 74 heavy (non-hydrogen) atoms. The van der Waals surface area contributed by atoms with Gasteiger partial charge in [-0.2, -0.15) is 0 Å². The van der Waals surface area contributed by atoms with Gasteiger partial charge in [0.05, 0.1) is 32.3 Å². The zero-order valence-corrected chi connectivity index (χ0v) is 41.1. The number of nitrogens with one attached hydrogen (secondary N) is 9. The lowest BCUT2D eigenvalue weighted by Gasteiger charge is -2.28. The first kappa shape index (κ1) is 64.2. The highest BCUT2D eigenvalue weighted by Crippen LogP contribution is 2.10. The Morgan fingerprint density at radius 3 is 1.45 bits per heavy atom. The molecule has 0 radical (unpaired) electrons. The van der Waals surface area contributed by atoms with Crippen molar-refractivity contribution >= 4 is 76.9 Å². The number of aliphatic carboxylic acids is 2. The minimum Gasteiger partial charge on any atom is -0.481 e. The largest absolute Gasteiger partial charge is 0.481 e. The topological polar surface area (TPSA) is 509 Å². The summed E-state index contributed by atoms with van der Waals surface area (Å²) in [6, 6.07) is -7.21. The highest BCUT2D eigenvalue weighted by atomic mass is 16.4. The smallest absolute Gasteiger partial charge is 0.328 e. The molecule has 1 aromatic rings. The van der Waals surface area contributed by atoms with Gasteiger partial charge in [-0.25, -0.2) is 4.79 Å². The van der Waals surface area contributed by atoms with Crippen LogP contribution >= 0.6 is 0 Å². The summed E-state index contributed by atoms with van der Waals surface area (Å²) in [5.74, 6) is -15.4. The highest BCUT2D eigenvalue weighted by Gasteiger charge is 2.36. The Morgan fingerprint density at radius 1 is 0.514 bits per heavy atom.